The van der Waals surface area contributed by atoms with Crippen LogP contribution in [0.25, 0.3) is 0 Å². The van der Waals surface area contributed by atoms with Crippen molar-refractivity contribution >= 4 is 33.3 Å². The maximum Gasteiger partial charge on any atom is 0.322 e. The Morgan fingerprint density at radius 3 is 2.67 bits per heavy atom. The van der Waals surface area contributed by atoms with E-state index < -0.39 is 27.5 Å². The molecular formula is C12H15N3O4S2. The Kier molecular flexibility index (Phi) is 3.30. The first kappa shape index (κ1) is 14.5. The predicted molar refractivity (Wildman–Crippen MR) is 76.5 cm³/mol. The Morgan fingerprint density at radius 1 is 1.33 bits per heavy atom. The minimum Gasteiger partial charge on any atom is -0.322 e. The first-order chi connectivity index (χ1) is 9.83. The monoisotopic (exact) mass is 329 g/mol. The number of rotatable bonds is 2. The standard InChI is InChI=1S/C12H15N3O4S2/c1-8-3-4-9(20-8)21(18,19)15-6-2-5-12(7-15)10(16)13-11(17)14-12/h3-4H,2,5-7H2,1H3,(H2,13,14,16,17). The highest BCUT2D eigenvalue weighted by molar-refractivity contribution is 7.91. The molecule has 2 aliphatic heterocycles. The lowest BCUT2D eigenvalue weighted by molar-refractivity contribution is -0.125. The summed E-state index contributed by atoms with van der Waals surface area (Å²) in [5, 5.41) is 4.76. The van der Waals surface area contributed by atoms with Gasteiger partial charge in [-0.2, -0.15) is 4.31 Å². The molecular weight excluding hydrogens is 314 g/mol. The van der Waals surface area contributed by atoms with E-state index in [0.29, 0.717) is 19.4 Å². The highest BCUT2D eigenvalue weighted by Crippen LogP contribution is 2.31. The number of carbonyl (C=O) groups is 2. The molecule has 1 atom stereocenters. The second-order valence-corrected chi connectivity index (χ2v) is 8.75. The second kappa shape index (κ2) is 4.79. The fourth-order valence-corrected chi connectivity index (χ4v) is 5.69. The molecule has 2 fully saturated rings. The first-order valence-electron chi connectivity index (χ1n) is 6.54. The number of piperidine rings is 1. The van der Waals surface area contributed by atoms with Crippen molar-refractivity contribution < 1.29 is 18.0 Å². The number of thiophene rings is 1. The molecule has 0 radical (unpaired) electrons. The van der Waals surface area contributed by atoms with Gasteiger partial charge in [0.05, 0.1) is 0 Å². The second-order valence-electron chi connectivity index (χ2n) is 5.30. The molecule has 114 valence electrons. The summed E-state index contributed by atoms with van der Waals surface area (Å²) in [6.07, 6.45) is 0.970. The van der Waals surface area contributed by atoms with Crippen molar-refractivity contribution in [1.82, 2.24) is 14.9 Å². The van der Waals surface area contributed by atoms with Crippen LogP contribution in [0.5, 0.6) is 0 Å². The van der Waals surface area contributed by atoms with Crippen molar-refractivity contribution in [1.29, 1.82) is 0 Å². The van der Waals surface area contributed by atoms with Crippen LogP contribution in [0.3, 0.4) is 0 Å². The quantitative estimate of drug-likeness (QED) is 0.769. The molecule has 21 heavy (non-hydrogen) atoms. The van der Waals surface area contributed by atoms with Crippen molar-refractivity contribution in [3.05, 3.63) is 17.0 Å². The van der Waals surface area contributed by atoms with E-state index in [1.807, 2.05) is 6.92 Å². The van der Waals surface area contributed by atoms with Crippen LogP contribution < -0.4 is 10.6 Å². The van der Waals surface area contributed by atoms with Crippen LogP contribution in [0.2, 0.25) is 0 Å². The number of hydrogen-bond acceptors (Lipinski definition) is 5. The maximum atomic E-state index is 12.6. The van der Waals surface area contributed by atoms with E-state index in [-0.39, 0.29) is 10.8 Å². The van der Waals surface area contributed by atoms with Crippen LogP contribution in [-0.2, 0) is 14.8 Å². The van der Waals surface area contributed by atoms with Crippen LogP contribution in [0.15, 0.2) is 16.3 Å². The molecule has 1 aromatic heterocycles. The fourth-order valence-electron chi connectivity index (χ4n) is 2.71. The van der Waals surface area contributed by atoms with Crippen molar-refractivity contribution in [2.45, 2.75) is 29.5 Å². The van der Waals surface area contributed by atoms with E-state index in [0.717, 1.165) is 4.88 Å². The zero-order chi connectivity index (χ0) is 15.3. The average Bonchev–Trinajstić information content (AvgIpc) is 2.95. The molecule has 2 N–H and O–H groups in total. The van der Waals surface area contributed by atoms with Crippen molar-refractivity contribution in [3.8, 4) is 0 Å². The van der Waals surface area contributed by atoms with Gasteiger partial charge in [-0.3, -0.25) is 10.1 Å². The number of urea groups is 1. The van der Waals surface area contributed by atoms with Gasteiger partial charge in [0, 0.05) is 18.0 Å². The van der Waals surface area contributed by atoms with Gasteiger partial charge in [0.1, 0.15) is 9.75 Å². The van der Waals surface area contributed by atoms with Crippen LogP contribution >= 0.6 is 11.3 Å². The van der Waals surface area contributed by atoms with E-state index in [9.17, 15) is 18.0 Å². The van der Waals surface area contributed by atoms with Crippen LogP contribution in [0.1, 0.15) is 17.7 Å². The van der Waals surface area contributed by atoms with Gasteiger partial charge < -0.3 is 5.32 Å². The summed E-state index contributed by atoms with van der Waals surface area (Å²) in [5.74, 6) is -0.449. The van der Waals surface area contributed by atoms with Gasteiger partial charge in [0.25, 0.3) is 15.9 Å². The Bertz CT molecular complexity index is 712. The van der Waals surface area contributed by atoms with Crippen molar-refractivity contribution in [2.75, 3.05) is 13.1 Å². The van der Waals surface area contributed by atoms with Crippen LogP contribution in [0.4, 0.5) is 4.79 Å². The Balaban J connectivity index is 1.90. The number of carbonyl (C=O) groups excluding carboxylic acids is 2. The van der Waals surface area contributed by atoms with Crippen molar-refractivity contribution in [2.24, 2.45) is 0 Å². The molecule has 0 aromatic carbocycles. The van der Waals surface area contributed by atoms with E-state index >= 15 is 0 Å². The lowest BCUT2D eigenvalue weighted by Gasteiger charge is -2.36. The summed E-state index contributed by atoms with van der Waals surface area (Å²) in [5.41, 5.74) is -1.13. The average molecular weight is 329 g/mol. The molecule has 2 saturated heterocycles. The van der Waals surface area contributed by atoms with Crippen LogP contribution in [0, 0.1) is 6.92 Å². The Labute approximate surface area is 126 Å². The molecule has 1 spiro atoms. The van der Waals surface area contributed by atoms with E-state index in [1.165, 1.54) is 15.6 Å². The molecule has 3 amide bonds. The van der Waals surface area contributed by atoms with Gasteiger partial charge in [-0.15, -0.1) is 11.3 Å². The predicted octanol–water partition coefficient (Wildman–Crippen LogP) is 0.419. The highest BCUT2D eigenvalue weighted by atomic mass is 32.2. The number of nitrogens with zero attached hydrogens (tertiary/aromatic N) is 1. The number of sulfonamides is 1. The molecule has 2 aliphatic rings. The summed E-state index contributed by atoms with van der Waals surface area (Å²) >= 11 is 1.20. The number of hydrogen-bond donors (Lipinski definition) is 2. The minimum atomic E-state index is -3.63. The largest absolute Gasteiger partial charge is 0.322 e. The summed E-state index contributed by atoms with van der Waals surface area (Å²) < 4.78 is 26.8. The minimum absolute atomic E-state index is 0.0240. The number of imide groups is 1. The first-order valence-corrected chi connectivity index (χ1v) is 8.79. The SMILES string of the molecule is Cc1ccc(S(=O)(=O)N2CCCC3(C2)NC(=O)NC3=O)s1. The van der Waals surface area contributed by atoms with Gasteiger partial charge in [0.15, 0.2) is 0 Å². The molecule has 3 rings (SSSR count). The number of amides is 3. The summed E-state index contributed by atoms with van der Waals surface area (Å²) in [7, 11) is -3.63. The zero-order valence-electron chi connectivity index (χ0n) is 11.4. The van der Waals surface area contributed by atoms with Gasteiger partial charge in [-0.1, -0.05) is 0 Å². The molecule has 7 nitrogen and oxygen atoms in total. The third-order valence-electron chi connectivity index (χ3n) is 3.78. The summed E-state index contributed by atoms with van der Waals surface area (Å²) in [6, 6.07) is 2.76. The summed E-state index contributed by atoms with van der Waals surface area (Å²) in [4.78, 5) is 24.2. The maximum absolute atomic E-state index is 12.6. The molecule has 9 heteroatoms. The van der Waals surface area contributed by atoms with Gasteiger partial charge in [0.2, 0.25) is 0 Å². The molecule has 3 heterocycles. The fraction of sp³-hybridized carbons (Fsp3) is 0.500. The number of nitrogens with one attached hydrogen (secondary N) is 2. The topological polar surface area (TPSA) is 95.6 Å². The Hall–Kier alpha value is -1.45. The molecule has 0 bridgehead atoms. The zero-order valence-corrected chi connectivity index (χ0v) is 13.0. The van der Waals surface area contributed by atoms with E-state index in [2.05, 4.69) is 10.6 Å². The molecule has 0 saturated carbocycles. The number of aryl methyl sites for hydroxylation is 1. The third-order valence-corrected chi connectivity index (χ3v) is 7.09. The van der Waals surface area contributed by atoms with Crippen molar-refractivity contribution in [3.63, 3.8) is 0 Å². The van der Waals surface area contributed by atoms with Gasteiger partial charge in [-0.25, -0.2) is 13.2 Å². The van der Waals surface area contributed by atoms with Crippen LogP contribution in [-0.4, -0.2) is 43.3 Å². The Morgan fingerprint density at radius 2 is 2.10 bits per heavy atom. The van der Waals surface area contributed by atoms with E-state index in [4.69, 9.17) is 0 Å². The smallest absolute Gasteiger partial charge is 0.322 e. The highest BCUT2D eigenvalue weighted by Gasteiger charge is 2.50. The third kappa shape index (κ3) is 2.34. The molecule has 1 aromatic rings. The normalized spacial score (nSPS) is 26.9. The molecule has 0 aliphatic carbocycles. The lowest BCUT2D eigenvalue weighted by atomic mass is 9.90. The lowest BCUT2D eigenvalue weighted by Crippen LogP contribution is -2.59. The van der Waals surface area contributed by atoms with E-state index in [1.54, 1.807) is 12.1 Å². The molecule has 1 unspecified atom stereocenters. The summed E-state index contributed by atoms with van der Waals surface area (Å²) in [6.45, 7) is 2.17. The van der Waals surface area contributed by atoms with Gasteiger partial charge in [-0.05, 0) is 31.9 Å². The van der Waals surface area contributed by atoms with Gasteiger partial charge >= 0.3 is 6.03 Å².